The van der Waals surface area contributed by atoms with E-state index >= 15 is 0 Å². The van der Waals surface area contributed by atoms with E-state index in [0.717, 1.165) is 24.1 Å². The average Bonchev–Trinajstić information content (AvgIpc) is 3.21. The number of hydrogen-bond donors (Lipinski definition) is 1. The molecule has 1 saturated carbocycles. The number of ether oxygens (including phenoxy) is 2. The van der Waals surface area contributed by atoms with Crippen LogP contribution in [0.5, 0.6) is 11.5 Å². The molecule has 1 aliphatic rings. The van der Waals surface area contributed by atoms with E-state index in [4.69, 9.17) is 9.47 Å². The maximum absolute atomic E-state index is 5.71. The Bertz CT molecular complexity index is 446. The number of rotatable bonds is 7. The topological polar surface area (TPSA) is 30.5 Å². The zero-order valence-corrected chi connectivity index (χ0v) is 12.0. The molecule has 3 heteroatoms. The summed E-state index contributed by atoms with van der Waals surface area (Å²) in [5, 5.41) is 3.50. The van der Waals surface area contributed by atoms with Crippen LogP contribution < -0.4 is 14.8 Å². The molecule has 0 saturated heterocycles. The summed E-state index contributed by atoms with van der Waals surface area (Å²) in [6.45, 7) is 5.61. The Kier molecular flexibility index (Phi) is 4.86. The van der Waals surface area contributed by atoms with Gasteiger partial charge in [0.1, 0.15) is 6.61 Å². The minimum Gasteiger partial charge on any atom is -0.493 e. The van der Waals surface area contributed by atoms with Crippen LogP contribution in [-0.4, -0.2) is 19.8 Å². The predicted octanol–water partition coefficient (Wildman–Crippen LogP) is 3.29. The summed E-state index contributed by atoms with van der Waals surface area (Å²) in [6, 6.07) is 6.85. The van der Waals surface area contributed by atoms with Crippen LogP contribution in [0.1, 0.15) is 32.3 Å². The summed E-state index contributed by atoms with van der Waals surface area (Å²) in [6.07, 6.45) is 4.67. The van der Waals surface area contributed by atoms with Gasteiger partial charge in [0, 0.05) is 12.6 Å². The third-order valence-corrected chi connectivity index (χ3v) is 3.13. The van der Waals surface area contributed by atoms with E-state index in [-0.39, 0.29) is 0 Å². The molecule has 3 nitrogen and oxygen atoms in total. The first-order chi connectivity index (χ1) is 9.19. The lowest BCUT2D eigenvalue weighted by atomic mass is 10.2. The standard InChI is InChI=1S/C16H23NO2/c1-12(2)8-9-19-15-7-4-13(10-16(15)18-3)11-17-14-5-6-14/h4,7-8,10,14,17H,5-6,9,11H2,1-3H3. The van der Waals surface area contributed by atoms with Crippen LogP contribution in [0.25, 0.3) is 0 Å². The van der Waals surface area contributed by atoms with E-state index in [1.807, 2.05) is 12.1 Å². The Morgan fingerprint density at radius 3 is 2.74 bits per heavy atom. The predicted molar refractivity (Wildman–Crippen MR) is 77.8 cm³/mol. The van der Waals surface area contributed by atoms with Crippen molar-refractivity contribution in [1.29, 1.82) is 0 Å². The molecule has 0 amide bonds. The largest absolute Gasteiger partial charge is 0.493 e. The molecule has 0 heterocycles. The van der Waals surface area contributed by atoms with E-state index in [9.17, 15) is 0 Å². The SMILES string of the molecule is COc1cc(CNC2CC2)ccc1OCC=C(C)C. The van der Waals surface area contributed by atoms with Gasteiger partial charge in [0.15, 0.2) is 11.5 Å². The second-order valence-electron chi connectivity index (χ2n) is 5.23. The van der Waals surface area contributed by atoms with Crippen molar-refractivity contribution in [3.8, 4) is 11.5 Å². The van der Waals surface area contributed by atoms with Gasteiger partial charge in [0.25, 0.3) is 0 Å². The van der Waals surface area contributed by atoms with Gasteiger partial charge in [0.05, 0.1) is 7.11 Å². The van der Waals surface area contributed by atoms with Gasteiger partial charge < -0.3 is 14.8 Å². The van der Waals surface area contributed by atoms with Crippen LogP contribution in [0.15, 0.2) is 29.8 Å². The molecule has 2 rings (SSSR count). The van der Waals surface area contributed by atoms with Gasteiger partial charge in [-0.3, -0.25) is 0 Å². The van der Waals surface area contributed by atoms with Crippen molar-refractivity contribution >= 4 is 0 Å². The number of methoxy groups -OCH3 is 1. The van der Waals surface area contributed by atoms with Crippen LogP contribution >= 0.6 is 0 Å². The normalized spacial score (nSPS) is 14.1. The molecule has 0 atom stereocenters. The van der Waals surface area contributed by atoms with Crippen LogP contribution in [0.4, 0.5) is 0 Å². The van der Waals surface area contributed by atoms with Gasteiger partial charge in [-0.25, -0.2) is 0 Å². The maximum Gasteiger partial charge on any atom is 0.161 e. The van der Waals surface area contributed by atoms with Gasteiger partial charge in [-0.05, 0) is 50.5 Å². The smallest absolute Gasteiger partial charge is 0.161 e. The fraction of sp³-hybridized carbons (Fsp3) is 0.500. The summed E-state index contributed by atoms with van der Waals surface area (Å²) in [4.78, 5) is 0. The van der Waals surface area contributed by atoms with E-state index in [1.54, 1.807) is 7.11 Å². The van der Waals surface area contributed by atoms with Crippen molar-refractivity contribution in [1.82, 2.24) is 5.32 Å². The molecule has 104 valence electrons. The van der Waals surface area contributed by atoms with Gasteiger partial charge >= 0.3 is 0 Å². The Morgan fingerprint density at radius 2 is 2.11 bits per heavy atom. The quantitative estimate of drug-likeness (QED) is 0.764. The molecular weight excluding hydrogens is 238 g/mol. The molecule has 1 fully saturated rings. The first kappa shape index (κ1) is 13.9. The van der Waals surface area contributed by atoms with E-state index in [0.29, 0.717) is 6.61 Å². The van der Waals surface area contributed by atoms with Crippen molar-refractivity contribution in [3.63, 3.8) is 0 Å². The molecule has 1 aliphatic carbocycles. The molecule has 1 N–H and O–H groups in total. The first-order valence-electron chi connectivity index (χ1n) is 6.85. The van der Waals surface area contributed by atoms with Gasteiger partial charge in [0.2, 0.25) is 0 Å². The number of hydrogen-bond acceptors (Lipinski definition) is 3. The molecule has 0 radical (unpaired) electrons. The van der Waals surface area contributed by atoms with Crippen LogP contribution in [0.2, 0.25) is 0 Å². The average molecular weight is 261 g/mol. The third-order valence-electron chi connectivity index (χ3n) is 3.13. The van der Waals surface area contributed by atoms with Crippen molar-refractivity contribution in [2.45, 2.75) is 39.3 Å². The van der Waals surface area contributed by atoms with Gasteiger partial charge in [-0.2, -0.15) is 0 Å². The van der Waals surface area contributed by atoms with Crippen LogP contribution in [0.3, 0.4) is 0 Å². The van der Waals surface area contributed by atoms with Crippen LogP contribution in [0, 0.1) is 0 Å². The fourth-order valence-electron chi connectivity index (χ4n) is 1.79. The van der Waals surface area contributed by atoms with Gasteiger partial charge in [-0.15, -0.1) is 0 Å². The van der Waals surface area contributed by atoms with E-state index < -0.39 is 0 Å². The number of nitrogens with one attached hydrogen (secondary N) is 1. The molecule has 1 aromatic rings. The summed E-state index contributed by atoms with van der Waals surface area (Å²) < 4.78 is 11.1. The Labute approximate surface area is 115 Å². The third kappa shape index (κ3) is 4.60. The summed E-state index contributed by atoms with van der Waals surface area (Å²) in [5.74, 6) is 1.60. The summed E-state index contributed by atoms with van der Waals surface area (Å²) in [5.41, 5.74) is 2.49. The number of benzene rings is 1. The molecule has 0 spiro atoms. The molecule has 0 bridgehead atoms. The highest BCUT2D eigenvalue weighted by atomic mass is 16.5. The molecule has 0 unspecified atom stereocenters. The lowest BCUT2D eigenvalue weighted by molar-refractivity contribution is 0.325. The minimum atomic E-state index is 0.582. The lowest BCUT2D eigenvalue weighted by Gasteiger charge is -2.11. The Hall–Kier alpha value is -1.48. The molecular formula is C16H23NO2. The summed E-state index contributed by atoms with van der Waals surface area (Å²) >= 11 is 0. The van der Waals surface area contributed by atoms with Crippen molar-refractivity contribution in [2.24, 2.45) is 0 Å². The zero-order chi connectivity index (χ0) is 13.7. The molecule has 0 aliphatic heterocycles. The summed E-state index contributed by atoms with van der Waals surface area (Å²) in [7, 11) is 1.68. The van der Waals surface area contributed by atoms with Crippen molar-refractivity contribution in [3.05, 3.63) is 35.4 Å². The highest BCUT2D eigenvalue weighted by Crippen LogP contribution is 2.28. The Balaban J connectivity index is 1.96. The minimum absolute atomic E-state index is 0.582. The fourth-order valence-corrected chi connectivity index (χ4v) is 1.79. The lowest BCUT2D eigenvalue weighted by Crippen LogP contribution is -2.15. The molecule has 19 heavy (non-hydrogen) atoms. The highest BCUT2D eigenvalue weighted by molar-refractivity contribution is 5.43. The first-order valence-corrected chi connectivity index (χ1v) is 6.85. The van der Waals surface area contributed by atoms with E-state index in [2.05, 4.69) is 31.3 Å². The second-order valence-corrected chi connectivity index (χ2v) is 5.23. The maximum atomic E-state index is 5.71. The molecule has 1 aromatic carbocycles. The zero-order valence-electron chi connectivity index (χ0n) is 12.0. The van der Waals surface area contributed by atoms with Crippen LogP contribution in [-0.2, 0) is 6.54 Å². The monoisotopic (exact) mass is 261 g/mol. The highest BCUT2D eigenvalue weighted by Gasteiger charge is 2.20. The molecule has 0 aromatic heterocycles. The number of allylic oxidation sites excluding steroid dienone is 1. The second kappa shape index (κ2) is 6.62. The van der Waals surface area contributed by atoms with Gasteiger partial charge in [-0.1, -0.05) is 11.6 Å². The van der Waals surface area contributed by atoms with Crippen molar-refractivity contribution < 1.29 is 9.47 Å². The Morgan fingerprint density at radius 1 is 1.32 bits per heavy atom. The van der Waals surface area contributed by atoms with Crippen molar-refractivity contribution in [2.75, 3.05) is 13.7 Å². The van der Waals surface area contributed by atoms with E-state index in [1.165, 1.54) is 24.0 Å².